The van der Waals surface area contributed by atoms with Gasteiger partial charge in [0.1, 0.15) is 5.03 Å². The van der Waals surface area contributed by atoms with Crippen molar-refractivity contribution < 1.29 is 0 Å². The van der Waals surface area contributed by atoms with Gasteiger partial charge in [0.05, 0.1) is 5.69 Å². The molecule has 0 aliphatic carbocycles. The SMILES string of the molecule is [CH2]c1nn(C(C)C)c(Sc2cc(Cl)cc(Cl)c2)c1Cc1ccncc1. The maximum absolute atomic E-state index is 6.15. The molecule has 0 aliphatic rings. The van der Waals surface area contributed by atoms with E-state index in [1.807, 2.05) is 28.9 Å². The van der Waals surface area contributed by atoms with E-state index < -0.39 is 0 Å². The van der Waals surface area contributed by atoms with E-state index in [1.165, 1.54) is 5.56 Å². The van der Waals surface area contributed by atoms with Gasteiger partial charge in [-0.25, -0.2) is 0 Å². The number of aromatic nitrogens is 3. The maximum atomic E-state index is 6.15. The summed E-state index contributed by atoms with van der Waals surface area (Å²) in [4.78, 5) is 5.06. The second-order valence-electron chi connectivity index (χ2n) is 6.01. The number of rotatable bonds is 5. The van der Waals surface area contributed by atoms with Crippen LogP contribution in [-0.4, -0.2) is 14.8 Å². The Morgan fingerprint density at radius 3 is 2.36 bits per heavy atom. The first-order chi connectivity index (χ1) is 11.9. The van der Waals surface area contributed by atoms with Crippen molar-refractivity contribution in [2.75, 3.05) is 0 Å². The molecule has 3 rings (SSSR count). The first kappa shape index (κ1) is 18.3. The highest BCUT2D eigenvalue weighted by Crippen LogP contribution is 2.37. The van der Waals surface area contributed by atoms with Gasteiger partial charge in [0.25, 0.3) is 0 Å². The van der Waals surface area contributed by atoms with Gasteiger partial charge >= 0.3 is 0 Å². The molecule has 129 valence electrons. The summed E-state index contributed by atoms with van der Waals surface area (Å²) in [7, 11) is 0. The van der Waals surface area contributed by atoms with Crippen LogP contribution in [0.15, 0.2) is 52.6 Å². The lowest BCUT2D eigenvalue weighted by atomic mass is 10.1. The first-order valence-corrected chi connectivity index (χ1v) is 9.47. The molecular weight excluding hydrogens is 373 g/mol. The van der Waals surface area contributed by atoms with E-state index in [0.717, 1.165) is 27.6 Å². The number of halogens is 2. The van der Waals surface area contributed by atoms with Crippen LogP contribution in [0.25, 0.3) is 0 Å². The van der Waals surface area contributed by atoms with E-state index in [4.69, 9.17) is 23.2 Å². The van der Waals surface area contributed by atoms with Gasteiger partial charge in [-0.3, -0.25) is 9.67 Å². The zero-order valence-corrected chi connectivity index (χ0v) is 16.4. The van der Waals surface area contributed by atoms with Crippen LogP contribution >= 0.6 is 35.0 Å². The molecule has 2 heterocycles. The highest BCUT2D eigenvalue weighted by molar-refractivity contribution is 7.99. The Morgan fingerprint density at radius 1 is 1.12 bits per heavy atom. The van der Waals surface area contributed by atoms with E-state index in [0.29, 0.717) is 10.0 Å². The average Bonchev–Trinajstić information content (AvgIpc) is 2.84. The number of hydrogen-bond donors (Lipinski definition) is 0. The quantitative estimate of drug-likeness (QED) is 0.527. The van der Waals surface area contributed by atoms with Crippen LogP contribution in [0, 0.1) is 6.92 Å². The lowest BCUT2D eigenvalue weighted by Crippen LogP contribution is -2.05. The summed E-state index contributed by atoms with van der Waals surface area (Å²) in [6.07, 6.45) is 4.35. The molecule has 3 nitrogen and oxygen atoms in total. The largest absolute Gasteiger partial charge is 0.265 e. The molecular formula is C19H18Cl2N3S. The summed E-state index contributed by atoms with van der Waals surface area (Å²) in [6.45, 7) is 8.36. The maximum Gasteiger partial charge on any atom is 0.103 e. The lowest BCUT2D eigenvalue weighted by molar-refractivity contribution is 0.490. The third kappa shape index (κ3) is 4.38. The molecule has 3 aromatic rings. The van der Waals surface area contributed by atoms with Crippen molar-refractivity contribution in [2.24, 2.45) is 0 Å². The van der Waals surface area contributed by atoms with Crippen LogP contribution in [0.4, 0.5) is 0 Å². The van der Waals surface area contributed by atoms with Gasteiger partial charge in [-0.2, -0.15) is 5.10 Å². The fraction of sp³-hybridized carbons (Fsp3) is 0.211. The first-order valence-electron chi connectivity index (χ1n) is 7.90. The Bertz CT molecular complexity index is 856. The van der Waals surface area contributed by atoms with Gasteiger partial charge in [-0.15, -0.1) is 0 Å². The number of hydrogen-bond acceptors (Lipinski definition) is 3. The topological polar surface area (TPSA) is 30.7 Å². The Labute approximate surface area is 162 Å². The zero-order chi connectivity index (χ0) is 18.0. The molecule has 6 heteroatoms. The summed E-state index contributed by atoms with van der Waals surface area (Å²) in [5.41, 5.74) is 3.08. The molecule has 0 amide bonds. The van der Waals surface area contributed by atoms with Crippen molar-refractivity contribution in [1.29, 1.82) is 0 Å². The van der Waals surface area contributed by atoms with Gasteiger partial charge in [0.2, 0.25) is 0 Å². The molecule has 0 spiro atoms. The monoisotopic (exact) mass is 390 g/mol. The molecule has 0 aliphatic heterocycles. The van der Waals surface area contributed by atoms with E-state index in [2.05, 4.69) is 30.9 Å². The summed E-state index contributed by atoms with van der Waals surface area (Å²) in [5.74, 6) is 0. The van der Waals surface area contributed by atoms with Crippen molar-refractivity contribution in [2.45, 2.75) is 36.2 Å². The molecule has 0 fully saturated rings. The van der Waals surface area contributed by atoms with Crippen molar-refractivity contribution in [3.63, 3.8) is 0 Å². The predicted octanol–water partition coefficient (Wildman–Crippen LogP) is 6.09. The van der Waals surface area contributed by atoms with Crippen molar-refractivity contribution >= 4 is 35.0 Å². The number of benzene rings is 1. The molecule has 0 unspecified atom stereocenters. The van der Waals surface area contributed by atoms with Gasteiger partial charge < -0.3 is 0 Å². The second kappa shape index (κ2) is 7.81. The molecule has 0 N–H and O–H groups in total. The minimum absolute atomic E-state index is 0.226. The predicted molar refractivity (Wildman–Crippen MR) is 105 cm³/mol. The fourth-order valence-electron chi connectivity index (χ4n) is 2.54. The Balaban J connectivity index is 2.03. The van der Waals surface area contributed by atoms with Crippen LogP contribution in [0.5, 0.6) is 0 Å². The molecule has 1 aromatic carbocycles. The van der Waals surface area contributed by atoms with Crippen LogP contribution < -0.4 is 0 Å². The van der Waals surface area contributed by atoms with Gasteiger partial charge in [0, 0.05) is 45.4 Å². The van der Waals surface area contributed by atoms with E-state index in [9.17, 15) is 0 Å². The van der Waals surface area contributed by atoms with Crippen molar-refractivity contribution in [3.05, 3.63) is 76.5 Å². The summed E-state index contributed by atoms with van der Waals surface area (Å²) in [5, 5.41) is 6.96. The Morgan fingerprint density at radius 2 is 1.76 bits per heavy atom. The van der Waals surface area contributed by atoms with Crippen LogP contribution in [-0.2, 0) is 6.42 Å². The Kier molecular flexibility index (Phi) is 5.72. The normalized spacial score (nSPS) is 11.3. The second-order valence-corrected chi connectivity index (χ2v) is 7.94. The third-order valence-electron chi connectivity index (χ3n) is 3.71. The smallest absolute Gasteiger partial charge is 0.103 e. The average molecular weight is 391 g/mol. The van der Waals surface area contributed by atoms with E-state index in [1.54, 1.807) is 30.2 Å². The van der Waals surface area contributed by atoms with Crippen molar-refractivity contribution in [3.8, 4) is 0 Å². The zero-order valence-electron chi connectivity index (χ0n) is 14.0. The number of pyridine rings is 1. The summed E-state index contributed by atoms with van der Waals surface area (Å²) >= 11 is 13.9. The molecule has 2 aromatic heterocycles. The third-order valence-corrected chi connectivity index (χ3v) is 5.25. The molecule has 0 bridgehead atoms. The summed E-state index contributed by atoms with van der Waals surface area (Å²) < 4.78 is 2.01. The van der Waals surface area contributed by atoms with Gasteiger partial charge in [-0.1, -0.05) is 35.0 Å². The highest BCUT2D eigenvalue weighted by atomic mass is 35.5. The molecule has 0 saturated carbocycles. The fourth-order valence-corrected chi connectivity index (χ4v) is 4.45. The van der Waals surface area contributed by atoms with Crippen LogP contribution in [0.3, 0.4) is 0 Å². The van der Waals surface area contributed by atoms with E-state index in [-0.39, 0.29) is 6.04 Å². The van der Waals surface area contributed by atoms with E-state index >= 15 is 0 Å². The molecule has 1 radical (unpaired) electrons. The number of nitrogens with zero attached hydrogens (tertiary/aromatic N) is 3. The van der Waals surface area contributed by atoms with Gasteiger partial charge in [-0.05, 0) is 56.7 Å². The lowest BCUT2D eigenvalue weighted by Gasteiger charge is -2.13. The van der Waals surface area contributed by atoms with Crippen LogP contribution in [0.1, 0.15) is 36.7 Å². The highest BCUT2D eigenvalue weighted by Gasteiger charge is 2.19. The summed E-state index contributed by atoms with van der Waals surface area (Å²) in [6, 6.07) is 9.80. The Hall–Kier alpha value is -1.49. The standard InChI is InChI=1S/C19H18Cl2N3S/c1-12(2)24-19(25-17-10-15(20)9-16(21)11-17)18(13(3)23-24)8-14-4-6-22-7-5-14/h4-7,9-12H,3,8H2,1-2H3. The van der Waals surface area contributed by atoms with Crippen LogP contribution in [0.2, 0.25) is 10.0 Å². The minimum Gasteiger partial charge on any atom is -0.265 e. The molecule has 0 atom stereocenters. The molecule has 0 saturated heterocycles. The van der Waals surface area contributed by atoms with Gasteiger partial charge in [0.15, 0.2) is 0 Å². The van der Waals surface area contributed by atoms with Crippen molar-refractivity contribution in [1.82, 2.24) is 14.8 Å². The minimum atomic E-state index is 0.226. The molecule has 25 heavy (non-hydrogen) atoms.